The van der Waals surface area contributed by atoms with E-state index in [9.17, 15) is 8.42 Å². The lowest BCUT2D eigenvalue weighted by molar-refractivity contribution is 0.230. The van der Waals surface area contributed by atoms with E-state index in [0.29, 0.717) is 17.3 Å². The highest BCUT2D eigenvalue weighted by Crippen LogP contribution is 2.25. The lowest BCUT2D eigenvalue weighted by atomic mass is 10.1. The van der Waals surface area contributed by atoms with Crippen LogP contribution in [0.15, 0.2) is 34.9 Å². The SMILES string of the molecule is Nc1cc(-c2ccc(OC3CS(=O)(=O)C3)cc2)on1. The van der Waals surface area contributed by atoms with E-state index in [-0.39, 0.29) is 17.6 Å². The summed E-state index contributed by atoms with van der Waals surface area (Å²) < 4.78 is 32.6. The van der Waals surface area contributed by atoms with Crippen molar-refractivity contribution in [3.63, 3.8) is 0 Å². The fourth-order valence-electron chi connectivity index (χ4n) is 1.90. The number of rotatable bonds is 3. The van der Waals surface area contributed by atoms with Gasteiger partial charge in [0.2, 0.25) is 0 Å². The fraction of sp³-hybridized carbons (Fsp3) is 0.250. The zero-order valence-corrected chi connectivity index (χ0v) is 10.8. The maximum absolute atomic E-state index is 11.0. The van der Waals surface area contributed by atoms with Gasteiger partial charge in [0.25, 0.3) is 0 Å². The molecular weight excluding hydrogens is 268 g/mol. The third-order valence-electron chi connectivity index (χ3n) is 2.85. The van der Waals surface area contributed by atoms with Gasteiger partial charge in [0.05, 0.1) is 11.5 Å². The Balaban J connectivity index is 1.69. The summed E-state index contributed by atoms with van der Waals surface area (Å²) in [7, 11) is -2.86. The van der Waals surface area contributed by atoms with Crippen molar-refractivity contribution in [2.24, 2.45) is 0 Å². The number of hydrogen-bond acceptors (Lipinski definition) is 6. The molecule has 7 heteroatoms. The average molecular weight is 280 g/mol. The summed E-state index contributed by atoms with van der Waals surface area (Å²) in [5.74, 6) is 1.72. The Bertz CT molecular complexity index is 679. The van der Waals surface area contributed by atoms with Gasteiger partial charge in [-0.25, -0.2) is 8.42 Å². The molecule has 2 aromatic rings. The summed E-state index contributed by atoms with van der Waals surface area (Å²) in [5, 5.41) is 3.61. The smallest absolute Gasteiger partial charge is 0.169 e. The van der Waals surface area contributed by atoms with Crippen molar-refractivity contribution in [3.8, 4) is 17.1 Å². The molecule has 3 rings (SSSR count). The Morgan fingerprint density at radius 2 is 1.95 bits per heavy atom. The standard InChI is InChI=1S/C12H12N2O4S/c13-12-5-11(18-14-12)8-1-3-9(4-2-8)17-10-6-19(15,16)7-10/h1-5,10H,6-7H2,(H2,13,14). The topological polar surface area (TPSA) is 95.4 Å². The Hall–Kier alpha value is -2.02. The Morgan fingerprint density at radius 3 is 2.47 bits per heavy atom. The van der Waals surface area contributed by atoms with E-state index >= 15 is 0 Å². The summed E-state index contributed by atoms with van der Waals surface area (Å²) in [6.45, 7) is 0. The number of anilines is 1. The fourth-order valence-corrected chi connectivity index (χ4v) is 3.07. The van der Waals surface area contributed by atoms with Crippen molar-refractivity contribution in [3.05, 3.63) is 30.3 Å². The molecule has 0 atom stereocenters. The molecule has 0 amide bonds. The lowest BCUT2D eigenvalue weighted by Gasteiger charge is -2.26. The molecule has 1 fully saturated rings. The Kier molecular flexibility index (Phi) is 2.70. The van der Waals surface area contributed by atoms with Crippen LogP contribution in [-0.2, 0) is 9.84 Å². The van der Waals surface area contributed by atoms with Crippen LogP contribution in [0.25, 0.3) is 11.3 Å². The summed E-state index contributed by atoms with van der Waals surface area (Å²) in [6, 6.07) is 8.78. The molecule has 0 unspecified atom stereocenters. The van der Waals surface area contributed by atoms with Crippen molar-refractivity contribution < 1.29 is 17.7 Å². The van der Waals surface area contributed by atoms with E-state index in [2.05, 4.69) is 5.16 Å². The van der Waals surface area contributed by atoms with Crippen molar-refractivity contribution in [2.45, 2.75) is 6.10 Å². The first-order valence-corrected chi connectivity index (χ1v) is 7.54. The van der Waals surface area contributed by atoms with Crippen LogP contribution in [0.1, 0.15) is 0 Å². The second kappa shape index (κ2) is 4.27. The predicted molar refractivity (Wildman–Crippen MR) is 69.4 cm³/mol. The molecule has 1 aliphatic rings. The molecule has 0 bridgehead atoms. The van der Waals surface area contributed by atoms with E-state index < -0.39 is 9.84 Å². The molecule has 0 saturated carbocycles. The molecule has 1 aromatic carbocycles. The number of nitrogen functional groups attached to an aromatic ring is 1. The van der Waals surface area contributed by atoms with Crippen LogP contribution in [0.2, 0.25) is 0 Å². The number of nitrogens with two attached hydrogens (primary N) is 1. The van der Waals surface area contributed by atoms with Gasteiger partial charge >= 0.3 is 0 Å². The van der Waals surface area contributed by atoms with Crippen LogP contribution in [0.3, 0.4) is 0 Å². The molecule has 1 aliphatic heterocycles. The van der Waals surface area contributed by atoms with Gasteiger partial charge in [-0.3, -0.25) is 0 Å². The minimum Gasteiger partial charge on any atom is -0.488 e. The Labute approximate surface area is 110 Å². The van der Waals surface area contributed by atoms with Gasteiger partial charge in [-0.2, -0.15) is 0 Å². The molecule has 0 aliphatic carbocycles. The highest BCUT2D eigenvalue weighted by Gasteiger charge is 2.35. The summed E-state index contributed by atoms with van der Waals surface area (Å²) in [4.78, 5) is 0. The van der Waals surface area contributed by atoms with Crippen molar-refractivity contribution in [1.82, 2.24) is 5.16 Å². The monoisotopic (exact) mass is 280 g/mol. The van der Waals surface area contributed by atoms with Gasteiger partial charge in [0.15, 0.2) is 21.4 Å². The molecule has 100 valence electrons. The third-order valence-corrected chi connectivity index (χ3v) is 4.61. The number of ether oxygens (including phenoxy) is 1. The summed E-state index contributed by atoms with van der Waals surface area (Å²) in [5.41, 5.74) is 6.31. The first kappa shape index (κ1) is 12.0. The number of nitrogens with zero attached hydrogens (tertiary/aromatic N) is 1. The van der Waals surface area contributed by atoms with Gasteiger partial charge in [-0.15, -0.1) is 0 Å². The van der Waals surface area contributed by atoms with Crippen LogP contribution in [0.4, 0.5) is 5.82 Å². The van der Waals surface area contributed by atoms with Crippen molar-refractivity contribution >= 4 is 15.7 Å². The minimum atomic E-state index is -2.86. The molecule has 1 saturated heterocycles. The van der Waals surface area contributed by atoms with Crippen LogP contribution in [0, 0.1) is 0 Å². The van der Waals surface area contributed by atoms with Crippen LogP contribution in [0.5, 0.6) is 5.75 Å². The third kappa shape index (κ3) is 2.55. The number of aromatic nitrogens is 1. The zero-order chi connectivity index (χ0) is 13.5. The maximum Gasteiger partial charge on any atom is 0.169 e. The zero-order valence-electron chi connectivity index (χ0n) is 9.94. The first-order chi connectivity index (χ1) is 9.02. The van der Waals surface area contributed by atoms with Crippen LogP contribution >= 0.6 is 0 Å². The quantitative estimate of drug-likeness (QED) is 0.904. The normalized spacial score (nSPS) is 17.9. The highest BCUT2D eigenvalue weighted by atomic mass is 32.2. The van der Waals surface area contributed by atoms with Crippen LogP contribution in [-0.4, -0.2) is 31.2 Å². The molecule has 6 nitrogen and oxygen atoms in total. The molecule has 19 heavy (non-hydrogen) atoms. The summed E-state index contributed by atoms with van der Waals surface area (Å²) in [6.07, 6.45) is -0.239. The van der Waals surface area contributed by atoms with Crippen molar-refractivity contribution in [2.75, 3.05) is 17.2 Å². The van der Waals surface area contributed by atoms with E-state index in [1.54, 1.807) is 18.2 Å². The van der Waals surface area contributed by atoms with Gasteiger partial charge in [0, 0.05) is 11.6 Å². The predicted octanol–water partition coefficient (Wildman–Crippen LogP) is 1.10. The molecule has 2 heterocycles. The maximum atomic E-state index is 11.0. The van der Waals surface area contributed by atoms with Gasteiger partial charge < -0.3 is 15.0 Å². The van der Waals surface area contributed by atoms with E-state index in [1.807, 2.05) is 12.1 Å². The van der Waals surface area contributed by atoms with E-state index in [0.717, 1.165) is 5.56 Å². The summed E-state index contributed by atoms with van der Waals surface area (Å²) >= 11 is 0. The molecule has 1 aromatic heterocycles. The van der Waals surface area contributed by atoms with Gasteiger partial charge in [-0.05, 0) is 24.3 Å². The van der Waals surface area contributed by atoms with E-state index in [1.165, 1.54) is 0 Å². The number of hydrogen-bond donors (Lipinski definition) is 1. The number of benzene rings is 1. The van der Waals surface area contributed by atoms with Crippen LogP contribution < -0.4 is 10.5 Å². The minimum absolute atomic E-state index is 0.0907. The molecule has 2 N–H and O–H groups in total. The second-order valence-corrected chi connectivity index (χ2v) is 6.61. The first-order valence-electron chi connectivity index (χ1n) is 5.71. The highest BCUT2D eigenvalue weighted by molar-refractivity contribution is 7.92. The Morgan fingerprint density at radius 1 is 1.26 bits per heavy atom. The largest absolute Gasteiger partial charge is 0.488 e. The lowest BCUT2D eigenvalue weighted by Crippen LogP contribution is -2.45. The average Bonchev–Trinajstić information content (AvgIpc) is 2.74. The number of sulfone groups is 1. The molecular formula is C12H12N2O4S. The second-order valence-electron chi connectivity index (χ2n) is 4.46. The van der Waals surface area contributed by atoms with Gasteiger partial charge in [-0.1, -0.05) is 5.16 Å². The van der Waals surface area contributed by atoms with Crippen molar-refractivity contribution in [1.29, 1.82) is 0 Å². The molecule has 0 radical (unpaired) electrons. The van der Waals surface area contributed by atoms with Gasteiger partial charge in [0.1, 0.15) is 11.9 Å². The van der Waals surface area contributed by atoms with E-state index in [4.69, 9.17) is 15.0 Å². The molecule has 0 spiro atoms.